The van der Waals surface area contributed by atoms with E-state index >= 15 is 0 Å². The van der Waals surface area contributed by atoms with Crippen LogP contribution in [0.2, 0.25) is 0 Å². The molecule has 3 aromatic rings. The number of anilines is 1. The van der Waals surface area contributed by atoms with Gasteiger partial charge in [0.15, 0.2) is 5.16 Å². The number of rotatable bonds is 9. The molecule has 0 saturated heterocycles. The summed E-state index contributed by atoms with van der Waals surface area (Å²) in [6.45, 7) is 2.79. The Morgan fingerprint density at radius 3 is 2.52 bits per heavy atom. The molecule has 0 N–H and O–H groups in total. The van der Waals surface area contributed by atoms with Gasteiger partial charge in [-0.3, -0.25) is 14.2 Å². The fourth-order valence-electron chi connectivity index (χ4n) is 3.17. The van der Waals surface area contributed by atoms with Crippen LogP contribution in [-0.2, 0) is 11.3 Å². The van der Waals surface area contributed by atoms with E-state index in [4.69, 9.17) is 4.98 Å². The summed E-state index contributed by atoms with van der Waals surface area (Å²) in [6.07, 6.45) is 4.31. The molecule has 0 fully saturated rings. The number of benzene rings is 2. The van der Waals surface area contributed by atoms with Gasteiger partial charge in [0, 0.05) is 19.3 Å². The van der Waals surface area contributed by atoms with Crippen LogP contribution in [0, 0.1) is 0 Å². The maximum Gasteiger partial charge on any atom is 0.262 e. The highest BCUT2D eigenvalue weighted by Crippen LogP contribution is 2.20. The molecule has 0 atom stereocenters. The first-order valence-corrected chi connectivity index (χ1v) is 11.0. The van der Waals surface area contributed by atoms with Crippen molar-refractivity contribution < 1.29 is 4.79 Å². The van der Waals surface area contributed by atoms with E-state index in [1.165, 1.54) is 11.8 Å². The molecule has 0 aliphatic heterocycles. The summed E-state index contributed by atoms with van der Waals surface area (Å²) >= 11 is 1.33. The maximum atomic E-state index is 13.0. The molecule has 1 heterocycles. The lowest BCUT2D eigenvalue weighted by atomic mass is 10.2. The third kappa shape index (κ3) is 5.26. The molecule has 6 heteroatoms. The lowest BCUT2D eigenvalue weighted by Crippen LogP contribution is -2.29. The highest BCUT2D eigenvalue weighted by atomic mass is 32.2. The number of para-hydroxylation sites is 2. The van der Waals surface area contributed by atoms with Crippen molar-refractivity contribution in [3.63, 3.8) is 0 Å². The van der Waals surface area contributed by atoms with Gasteiger partial charge in [0.1, 0.15) is 0 Å². The third-order valence-electron chi connectivity index (χ3n) is 4.90. The number of amides is 1. The molecule has 2 aromatic carbocycles. The van der Waals surface area contributed by atoms with E-state index in [2.05, 4.69) is 6.92 Å². The quantitative estimate of drug-likeness (QED) is 0.291. The van der Waals surface area contributed by atoms with Gasteiger partial charge in [-0.2, -0.15) is 0 Å². The second-order valence-electron chi connectivity index (χ2n) is 7.01. The molecular formula is C23H27N3O2S. The molecule has 29 heavy (non-hydrogen) atoms. The predicted octanol–water partition coefficient (Wildman–Crippen LogP) is 4.73. The van der Waals surface area contributed by atoms with Crippen LogP contribution in [0.5, 0.6) is 0 Å². The number of carbonyl (C=O) groups excluding carboxylic acids is 1. The molecule has 0 saturated carbocycles. The number of nitrogens with zero attached hydrogens (tertiary/aromatic N) is 3. The molecule has 0 aliphatic rings. The largest absolute Gasteiger partial charge is 0.315 e. The first-order valence-electron chi connectivity index (χ1n) is 10.1. The highest BCUT2D eigenvalue weighted by Gasteiger charge is 2.15. The number of hydrogen-bond donors (Lipinski definition) is 0. The average Bonchev–Trinajstić information content (AvgIpc) is 2.76. The van der Waals surface area contributed by atoms with Crippen molar-refractivity contribution in [1.82, 2.24) is 9.55 Å². The van der Waals surface area contributed by atoms with Gasteiger partial charge in [-0.25, -0.2) is 4.98 Å². The molecule has 3 rings (SSSR count). The van der Waals surface area contributed by atoms with Gasteiger partial charge in [-0.05, 0) is 30.7 Å². The van der Waals surface area contributed by atoms with E-state index in [-0.39, 0.29) is 17.2 Å². The number of unbranched alkanes of at least 4 members (excludes halogenated alkanes) is 3. The standard InChI is InChI=1S/C23H27N3O2S/c1-3-4-5-11-16-26-22(28)19-14-9-10-15-20(19)24-23(26)29-17-21(27)25(2)18-12-7-6-8-13-18/h6-10,12-15H,3-5,11,16-17H2,1-2H3. The van der Waals surface area contributed by atoms with Gasteiger partial charge in [0.05, 0.1) is 16.7 Å². The van der Waals surface area contributed by atoms with E-state index < -0.39 is 0 Å². The zero-order valence-electron chi connectivity index (χ0n) is 17.0. The molecule has 1 amide bonds. The predicted molar refractivity (Wildman–Crippen MR) is 121 cm³/mol. The molecule has 0 bridgehead atoms. The van der Waals surface area contributed by atoms with Crippen molar-refractivity contribution in [2.75, 3.05) is 17.7 Å². The SMILES string of the molecule is CCCCCCn1c(SCC(=O)N(C)c2ccccc2)nc2ccccc2c1=O. The van der Waals surface area contributed by atoms with Gasteiger partial charge >= 0.3 is 0 Å². The molecule has 152 valence electrons. The summed E-state index contributed by atoms with van der Waals surface area (Å²) in [6, 6.07) is 16.9. The van der Waals surface area contributed by atoms with Gasteiger partial charge < -0.3 is 4.90 Å². The third-order valence-corrected chi connectivity index (χ3v) is 5.87. The van der Waals surface area contributed by atoms with Gasteiger partial charge in [0.25, 0.3) is 5.56 Å². The molecular weight excluding hydrogens is 382 g/mol. The van der Waals surface area contributed by atoms with Crippen molar-refractivity contribution >= 4 is 34.3 Å². The molecule has 0 radical (unpaired) electrons. The minimum atomic E-state index is -0.0292. The van der Waals surface area contributed by atoms with Crippen molar-refractivity contribution in [3.05, 3.63) is 65.0 Å². The van der Waals surface area contributed by atoms with E-state index in [1.54, 1.807) is 16.5 Å². The van der Waals surface area contributed by atoms with Crippen LogP contribution in [0.15, 0.2) is 64.5 Å². The van der Waals surface area contributed by atoms with Crippen molar-refractivity contribution in [3.8, 4) is 0 Å². The lowest BCUT2D eigenvalue weighted by molar-refractivity contribution is -0.115. The highest BCUT2D eigenvalue weighted by molar-refractivity contribution is 7.99. The fraction of sp³-hybridized carbons (Fsp3) is 0.348. The van der Waals surface area contributed by atoms with Crippen LogP contribution >= 0.6 is 11.8 Å². The van der Waals surface area contributed by atoms with Crippen LogP contribution in [-0.4, -0.2) is 28.3 Å². The Labute approximate surface area is 175 Å². The van der Waals surface area contributed by atoms with Crippen LogP contribution in [0.25, 0.3) is 10.9 Å². The van der Waals surface area contributed by atoms with Crippen LogP contribution in [0.4, 0.5) is 5.69 Å². The Bertz CT molecular complexity index is 1020. The molecule has 0 unspecified atom stereocenters. The van der Waals surface area contributed by atoms with Gasteiger partial charge in [-0.15, -0.1) is 0 Å². The Balaban J connectivity index is 1.81. The summed E-state index contributed by atoms with van der Waals surface area (Å²) < 4.78 is 1.73. The number of fused-ring (bicyclic) bond motifs is 1. The van der Waals surface area contributed by atoms with Crippen molar-refractivity contribution in [1.29, 1.82) is 0 Å². The van der Waals surface area contributed by atoms with Crippen LogP contribution in [0.3, 0.4) is 0 Å². The smallest absolute Gasteiger partial charge is 0.262 e. The summed E-state index contributed by atoms with van der Waals surface area (Å²) in [5.41, 5.74) is 1.49. The first-order chi connectivity index (χ1) is 14.1. The van der Waals surface area contributed by atoms with Crippen molar-refractivity contribution in [2.24, 2.45) is 0 Å². The topological polar surface area (TPSA) is 55.2 Å². The summed E-state index contributed by atoms with van der Waals surface area (Å²) in [5, 5.41) is 1.24. The van der Waals surface area contributed by atoms with Gasteiger partial charge in [-0.1, -0.05) is 68.3 Å². The van der Waals surface area contributed by atoms with Crippen LogP contribution in [0.1, 0.15) is 32.6 Å². The summed E-state index contributed by atoms with van der Waals surface area (Å²) in [4.78, 5) is 32.0. The van der Waals surface area contributed by atoms with Crippen molar-refractivity contribution in [2.45, 2.75) is 44.3 Å². The Hall–Kier alpha value is -2.60. The molecule has 5 nitrogen and oxygen atoms in total. The van der Waals surface area contributed by atoms with Crippen LogP contribution < -0.4 is 10.5 Å². The number of thioether (sulfide) groups is 1. The zero-order chi connectivity index (χ0) is 20.6. The molecule has 1 aromatic heterocycles. The number of hydrogen-bond acceptors (Lipinski definition) is 4. The molecule has 0 aliphatic carbocycles. The van der Waals surface area contributed by atoms with E-state index in [0.717, 1.165) is 31.4 Å². The minimum Gasteiger partial charge on any atom is -0.315 e. The summed E-state index contributed by atoms with van der Waals surface area (Å²) in [5.74, 6) is 0.201. The van der Waals surface area contributed by atoms with E-state index in [1.807, 2.05) is 54.6 Å². The van der Waals surface area contributed by atoms with Gasteiger partial charge in [0.2, 0.25) is 5.91 Å². The monoisotopic (exact) mass is 409 g/mol. The zero-order valence-corrected chi connectivity index (χ0v) is 17.8. The minimum absolute atomic E-state index is 0.0267. The number of carbonyl (C=O) groups is 1. The second-order valence-corrected chi connectivity index (χ2v) is 7.95. The number of aromatic nitrogens is 2. The summed E-state index contributed by atoms with van der Waals surface area (Å²) in [7, 11) is 1.77. The average molecular weight is 410 g/mol. The fourth-order valence-corrected chi connectivity index (χ4v) is 4.11. The molecule has 0 spiro atoms. The Kier molecular flexibility index (Phi) is 7.47. The lowest BCUT2D eigenvalue weighted by Gasteiger charge is -2.18. The Morgan fingerprint density at radius 1 is 1.03 bits per heavy atom. The maximum absolute atomic E-state index is 13.0. The Morgan fingerprint density at radius 2 is 1.76 bits per heavy atom. The second kappa shape index (κ2) is 10.3. The normalized spacial score (nSPS) is 11.0. The first kappa shape index (κ1) is 21.1. The van der Waals surface area contributed by atoms with E-state index in [0.29, 0.717) is 22.6 Å². The van der Waals surface area contributed by atoms with E-state index in [9.17, 15) is 9.59 Å².